The SMILES string of the molecule is O[C@@H]1c2ccccc2CC[C@H]1c1ccccc1F. The predicted octanol–water partition coefficient (Wildman–Crippen LogP) is 3.59. The molecule has 2 aromatic rings. The maximum Gasteiger partial charge on any atom is 0.126 e. The fraction of sp³-hybridized carbons (Fsp3) is 0.250. The molecule has 1 N–H and O–H groups in total. The maximum atomic E-state index is 13.8. The van der Waals surface area contributed by atoms with Crippen molar-refractivity contribution in [3.05, 3.63) is 71.0 Å². The van der Waals surface area contributed by atoms with Crippen LogP contribution in [0.1, 0.15) is 35.1 Å². The summed E-state index contributed by atoms with van der Waals surface area (Å²) in [4.78, 5) is 0. The first-order valence-electron chi connectivity index (χ1n) is 6.27. The Kier molecular flexibility index (Phi) is 2.88. The Morgan fingerprint density at radius 1 is 0.944 bits per heavy atom. The van der Waals surface area contributed by atoms with E-state index in [1.165, 1.54) is 11.6 Å². The van der Waals surface area contributed by atoms with E-state index in [0.29, 0.717) is 5.56 Å². The van der Waals surface area contributed by atoms with Crippen LogP contribution in [0.2, 0.25) is 0 Å². The monoisotopic (exact) mass is 242 g/mol. The molecule has 0 aliphatic heterocycles. The van der Waals surface area contributed by atoms with Crippen LogP contribution in [-0.4, -0.2) is 5.11 Å². The molecule has 0 spiro atoms. The summed E-state index contributed by atoms with van der Waals surface area (Å²) in [5.74, 6) is -0.359. The first-order valence-corrected chi connectivity index (χ1v) is 6.27. The highest BCUT2D eigenvalue weighted by molar-refractivity contribution is 5.36. The Hall–Kier alpha value is -1.67. The molecule has 0 amide bonds. The van der Waals surface area contributed by atoms with Gasteiger partial charge in [0, 0.05) is 5.92 Å². The number of benzene rings is 2. The van der Waals surface area contributed by atoms with Crippen molar-refractivity contribution in [2.24, 2.45) is 0 Å². The van der Waals surface area contributed by atoms with Crippen LogP contribution < -0.4 is 0 Å². The van der Waals surface area contributed by atoms with Gasteiger partial charge in [0.1, 0.15) is 5.82 Å². The van der Waals surface area contributed by atoms with Gasteiger partial charge in [0.2, 0.25) is 0 Å². The van der Waals surface area contributed by atoms with E-state index >= 15 is 0 Å². The molecule has 0 heterocycles. The van der Waals surface area contributed by atoms with Crippen LogP contribution in [0.15, 0.2) is 48.5 Å². The van der Waals surface area contributed by atoms with Gasteiger partial charge in [-0.05, 0) is 35.6 Å². The topological polar surface area (TPSA) is 20.2 Å². The molecule has 2 heteroatoms. The molecule has 0 radical (unpaired) electrons. The molecular formula is C16H15FO. The van der Waals surface area contributed by atoms with Crippen LogP contribution >= 0.6 is 0 Å². The Bertz CT molecular complexity index is 565. The molecule has 1 aliphatic carbocycles. The largest absolute Gasteiger partial charge is 0.388 e. The predicted molar refractivity (Wildman–Crippen MR) is 68.9 cm³/mol. The molecule has 92 valence electrons. The molecular weight excluding hydrogens is 227 g/mol. The highest BCUT2D eigenvalue weighted by Gasteiger charge is 2.30. The molecule has 18 heavy (non-hydrogen) atoms. The van der Waals surface area contributed by atoms with Crippen LogP contribution in [-0.2, 0) is 6.42 Å². The fourth-order valence-corrected chi connectivity index (χ4v) is 2.84. The molecule has 0 aromatic heterocycles. The number of halogens is 1. The summed E-state index contributed by atoms with van der Waals surface area (Å²) in [6.45, 7) is 0. The Balaban J connectivity index is 2.00. The Morgan fingerprint density at radius 3 is 2.39 bits per heavy atom. The van der Waals surface area contributed by atoms with Gasteiger partial charge in [-0.25, -0.2) is 4.39 Å². The first-order chi connectivity index (χ1) is 8.77. The average Bonchev–Trinajstić information content (AvgIpc) is 2.41. The van der Waals surface area contributed by atoms with Crippen molar-refractivity contribution in [3.63, 3.8) is 0 Å². The van der Waals surface area contributed by atoms with Crippen molar-refractivity contribution < 1.29 is 9.50 Å². The number of aryl methyl sites for hydroxylation is 1. The molecule has 1 aliphatic rings. The van der Waals surface area contributed by atoms with Gasteiger partial charge in [-0.3, -0.25) is 0 Å². The quantitative estimate of drug-likeness (QED) is 0.810. The summed E-state index contributed by atoms with van der Waals surface area (Å²) in [6.07, 6.45) is 1.08. The lowest BCUT2D eigenvalue weighted by Gasteiger charge is -2.30. The molecule has 0 saturated carbocycles. The molecule has 1 nitrogen and oxygen atoms in total. The van der Waals surface area contributed by atoms with Crippen molar-refractivity contribution in [2.75, 3.05) is 0 Å². The van der Waals surface area contributed by atoms with Gasteiger partial charge in [-0.15, -0.1) is 0 Å². The third-order valence-electron chi connectivity index (χ3n) is 3.78. The van der Waals surface area contributed by atoms with Gasteiger partial charge < -0.3 is 5.11 Å². The van der Waals surface area contributed by atoms with Crippen molar-refractivity contribution in [3.8, 4) is 0 Å². The summed E-state index contributed by atoms with van der Waals surface area (Å²) in [6, 6.07) is 14.6. The smallest absolute Gasteiger partial charge is 0.126 e. The molecule has 3 rings (SSSR count). The molecule has 0 saturated heterocycles. The molecule has 0 unspecified atom stereocenters. The highest BCUT2D eigenvalue weighted by atomic mass is 19.1. The zero-order chi connectivity index (χ0) is 12.5. The van der Waals surface area contributed by atoms with Crippen molar-refractivity contribution in [1.82, 2.24) is 0 Å². The number of aliphatic hydroxyl groups is 1. The minimum atomic E-state index is -0.605. The van der Waals surface area contributed by atoms with Crippen molar-refractivity contribution in [1.29, 1.82) is 0 Å². The molecule has 0 fully saturated rings. The van der Waals surface area contributed by atoms with Gasteiger partial charge in [0.25, 0.3) is 0 Å². The normalized spacial score (nSPS) is 22.6. The van der Waals surface area contributed by atoms with Crippen LogP contribution in [0, 0.1) is 5.82 Å². The summed E-state index contributed by atoms with van der Waals surface area (Å²) in [7, 11) is 0. The third kappa shape index (κ3) is 1.83. The van der Waals surface area contributed by atoms with E-state index in [-0.39, 0.29) is 11.7 Å². The fourth-order valence-electron chi connectivity index (χ4n) is 2.84. The number of hydrogen-bond acceptors (Lipinski definition) is 1. The van der Waals surface area contributed by atoms with Gasteiger partial charge in [-0.2, -0.15) is 0 Å². The summed E-state index contributed by atoms with van der Waals surface area (Å²) in [5.41, 5.74) is 2.74. The molecule has 2 atom stereocenters. The molecule has 2 aromatic carbocycles. The standard InChI is InChI=1S/C16H15FO/c17-15-8-4-3-7-13(15)14-10-9-11-5-1-2-6-12(11)16(14)18/h1-8,14,16,18H,9-10H2/t14-,16+/m0/s1. The summed E-state index contributed by atoms with van der Waals surface area (Å²) >= 11 is 0. The second-order valence-corrected chi connectivity index (χ2v) is 4.81. The minimum Gasteiger partial charge on any atom is -0.388 e. The Labute approximate surface area is 106 Å². The number of fused-ring (bicyclic) bond motifs is 1. The maximum absolute atomic E-state index is 13.8. The number of aliphatic hydroxyl groups excluding tert-OH is 1. The van der Waals surface area contributed by atoms with Gasteiger partial charge in [0.15, 0.2) is 0 Å². The second-order valence-electron chi connectivity index (χ2n) is 4.81. The first kappa shape index (κ1) is 11.4. The lowest BCUT2D eigenvalue weighted by Crippen LogP contribution is -2.19. The van der Waals surface area contributed by atoms with E-state index in [0.717, 1.165) is 18.4 Å². The highest BCUT2D eigenvalue weighted by Crippen LogP contribution is 2.41. The van der Waals surface area contributed by atoms with Crippen LogP contribution in [0.4, 0.5) is 4.39 Å². The van der Waals surface area contributed by atoms with E-state index in [4.69, 9.17) is 0 Å². The second kappa shape index (κ2) is 4.54. The van der Waals surface area contributed by atoms with E-state index < -0.39 is 6.10 Å². The number of rotatable bonds is 1. The van der Waals surface area contributed by atoms with Crippen molar-refractivity contribution in [2.45, 2.75) is 24.9 Å². The summed E-state index contributed by atoms with van der Waals surface area (Å²) < 4.78 is 13.8. The lowest BCUT2D eigenvalue weighted by atomic mass is 9.78. The lowest BCUT2D eigenvalue weighted by molar-refractivity contribution is 0.130. The zero-order valence-corrected chi connectivity index (χ0v) is 10.0. The number of hydrogen-bond donors (Lipinski definition) is 1. The third-order valence-corrected chi connectivity index (χ3v) is 3.78. The van der Waals surface area contributed by atoms with Gasteiger partial charge in [0.05, 0.1) is 6.10 Å². The average molecular weight is 242 g/mol. The van der Waals surface area contributed by atoms with Crippen LogP contribution in [0.5, 0.6) is 0 Å². The van der Waals surface area contributed by atoms with Gasteiger partial charge in [-0.1, -0.05) is 42.5 Å². The zero-order valence-electron chi connectivity index (χ0n) is 10.0. The van der Waals surface area contributed by atoms with Crippen LogP contribution in [0.3, 0.4) is 0 Å². The van der Waals surface area contributed by atoms with E-state index in [1.807, 2.05) is 30.3 Å². The molecule has 0 bridgehead atoms. The van der Waals surface area contributed by atoms with E-state index in [9.17, 15) is 9.50 Å². The summed E-state index contributed by atoms with van der Waals surface area (Å²) in [5, 5.41) is 10.4. The van der Waals surface area contributed by atoms with E-state index in [2.05, 4.69) is 0 Å². The minimum absolute atomic E-state index is 0.138. The van der Waals surface area contributed by atoms with Crippen LogP contribution in [0.25, 0.3) is 0 Å². The Morgan fingerprint density at radius 2 is 1.61 bits per heavy atom. The van der Waals surface area contributed by atoms with E-state index in [1.54, 1.807) is 12.1 Å². The van der Waals surface area contributed by atoms with Gasteiger partial charge >= 0.3 is 0 Å². The van der Waals surface area contributed by atoms with Crippen molar-refractivity contribution >= 4 is 0 Å².